The Morgan fingerprint density at radius 3 is 2.96 bits per heavy atom. The molecule has 1 amide bonds. The molecule has 3 aromatic rings. The van der Waals surface area contributed by atoms with Gasteiger partial charge >= 0.3 is 0 Å². The van der Waals surface area contributed by atoms with Gasteiger partial charge in [0, 0.05) is 29.3 Å². The fourth-order valence-electron chi connectivity index (χ4n) is 3.66. The van der Waals surface area contributed by atoms with Crippen LogP contribution in [0.4, 0.5) is 5.82 Å². The largest absolute Gasteiger partial charge is 0.382 e. The van der Waals surface area contributed by atoms with E-state index in [1.165, 1.54) is 21.6 Å². The van der Waals surface area contributed by atoms with Crippen molar-refractivity contribution in [3.8, 4) is 0 Å². The molecule has 0 radical (unpaired) electrons. The minimum Gasteiger partial charge on any atom is -0.382 e. The van der Waals surface area contributed by atoms with Gasteiger partial charge in [0.25, 0.3) is 0 Å². The minimum absolute atomic E-state index is 0.184. The van der Waals surface area contributed by atoms with Crippen molar-refractivity contribution in [2.24, 2.45) is 0 Å². The van der Waals surface area contributed by atoms with E-state index < -0.39 is 0 Å². The normalized spacial score (nSPS) is 17.3. The highest BCUT2D eigenvalue weighted by atomic mass is 32.1. The quantitative estimate of drug-likeness (QED) is 0.762. The molecule has 1 saturated heterocycles. The third-order valence-corrected chi connectivity index (χ3v) is 6.06. The van der Waals surface area contributed by atoms with Crippen LogP contribution in [0.5, 0.6) is 0 Å². The van der Waals surface area contributed by atoms with Crippen LogP contribution in [0.15, 0.2) is 18.7 Å². The molecule has 2 N–H and O–H groups in total. The van der Waals surface area contributed by atoms with Crippen LogP contribution in [-0.2, 0) is 11.2 Å². The van der Waals surface area contributed by atoms with Gasteiger partial charge in [0.15, 0.2) is 11.5 Å². The van der Waals surface area contributed by atoms with Crippen LogP contribution < -0.4 is 5.73 Å². The first-order chi connectivity index (χ1) is 12.5. The van der Waals surface area contributed by atoms with Crippen molar-refractivity contribution < 1.29 is 4.79 Å². The number of hydrogen-bond acceptors (Lipinski definition) is 6. The summed E-state index contributed by atoms with van der Waals surface area (Å²) in [6, 6.07) is 2.38. The van der Waals surface area contributed by atoms with E-state index in [0.717, 1.165) is 25.0 Å². The lowest BCUT2D eigenvalue weighted by Crippen LogP contribution is -2.29. The predicted molar refractivity (Wildman–Crippen MR) is 102 cm³/mol. The Morgan fingerprint density at radius 1 is 1.35 bits per heavy atom. The van der Waals surface area contributed by atoms with Crippen LogP contribution in [0, 0.1) is 13.8 Å². The van der Waals surface area contributed by atoms with E-state index in [1.54, 1.807) is 17.7 Å². The van der Waals surface area contributed by atoms with Crippen LogP contribution in [0.1, 0.15) is 34.2 Å². The van der Waals surface area contributed by atoms with Crippen molar-refractivity contribution in [2.45, 2.75) is 39.2 Å². The number of nitrogens with two attached hydrogens (primary N) is 1. The number of carbonyl (C=O) groups is 1. The van der Waals surface area contributed by atoms with Gasteiger partial charge in [-0.2, -0.15) is 0 Å². The van der Waals surface area contributed by atoms with Crippen molar-refractivity contribution in [1.82, 2.24) is 24.4 Å². The van der Waals surface area contributed by atoms with Crippen molar-refractivity contribution in [3.63, 3.8) is 0 Å². The number of imidazole rings is 1. The lowest BCUT2D eigenvalue weighted by molar-refractivity contribution is -0.130. The smallest absolute Gasteiger partial charge is 0.222 e. The molecule has 0 spiro atoms. The monoisotopic (exact) mass is 370 g/mol. The predicted octanol–water partition coefficient (Wildman–Crippen LogP) is 2.49. The number of anilines is 1. The molecule has 8 heteroatoms. The Hall–Kier alpha value is -2.48. The van der Waals surface area contributed by atoms with Gasteiger partial charge in [-0.3, -0.25) is 4.79 Å². The summed E-state index contributed by atoms with van der Waals surface area (Å²) in [6.45, 7) is 5.70. The summed E-state index contributed by atoms with van der Waals surface area (Å²) < 4.78 is 2.02. The van der Waals surface area contributed by atoms with Crippen molar-refractivity contribution in [1.29, 1.82) is 0 Å². The summed E-state index contributed by atoms with van der Waals surface area (Å²) >= 11 is 1.80. The van der Waals surface area contributed by atoms with Crippen molar-refractivity contribution in [3.05, 3.63) is 34.0 Å². The second kappa shape index (κ2) is 6.68. The summed E-state index contributed by atoms with van der Waals surface area (Å²) in [5.74, 6) is 0.607. The standard InChI is InChI=1S/C18H22N6OS/c1-11-7-13(12(2)26-11)3-4-15(25)23-6-5-14(8-23)24-10-22-16-17(19)20-9-21-18(16)24/h7,9-10,14H,3-6,8H2,1-2H3,(H2,19,20,21). The highest BCUT2D eigenvalue weighted by molar-refractivity contribution is 7.12. The van der Waals surface area contributed by atoms with Crippen LogP contribution in [0.3, 0.4) is 0 Å². The molecule has 1 unspecified atom stereocenters. The summed E-state index contributed by atoms with van der Waals surface area (Å²) in [4.78, 5) is 29.8. The highest BCUT2D eigenvalue weighted by Crippen LogP contribution is 2.27. The molecule has 1 aliphatic heterocycles. The van der Waals surface area contributed by atoms with Crippen molar-refractivity contribution in [2.75, 3.05) is 18.8 Å². The first-order valence-corrected chi connectivity index (χ1v) is 9.61. The molecule has 26 heavy (non-hydrogen) atoms. The number of nitrogens with zero attached hydrogens (tertiary/aromatic N) is 5. The molecular formula is C18H22N6OS. The van der Waals surface area contributed by atoms with E-state index in [2.05, 4.69) is 34.9 Å². The van der Waals surface area contributed by atoms with Gasteiger partial charge in [-0.1, -0.05) is 0 Å². The van der Waals surface area contributed by atoms with Gasteiger partial charge in [-0.15, -0.1) is 11.3 Å². The molecular weight excluding hydrogens is 348 g/mol. The maximum atomic E-state index is 12.6. The zero-order valence-corrected chi connectivity index (χ0v) is 15.8. The Labute approximate surface area is 155 Å². The van der Waals surface area contributed by atoms with Gasteiger partial charge in [-0.05, 0) is 38.3 Å². The van der Waals surface area contributed by atoms with Crippen molar-refractivity contribution >= 4 is 34.2 Å². The van der Waals surface area contributed by atoms with E-state index in [4.69, 9.17) is 5.73 Å². The Kier molecular flexibility index (Phi) is 4.36. The molecule has 1 aliphatic rings. The molecule has 4 rings (SSSR count). The van der Waals surface area contributed by atoms with E-state index in [9.17, 15) is 4.79 Å². The molecule has 0 saturated carbocycles. The summed E-state index contributed by atoms with van der Waals surface area (Å²) in [5.41, 5.74) is 8.52. The molecule has 1 atom stereocenters. The number of thiophene rings is 1. The molecule has 4 heterocycles. The number of nitrogen functional groups attached to an aromatic ring is 1. The number of fused-ring (bicyclic) bond motifs is 1. The first kappa shape index (κ1) is 17.0. The Morgan fingerprint density at radius 2 is 2.19 bits per heavy atom. The van der Waals surface area contributed by atoms with Crippen LogP contribution in [0.25, 0.3) is 11.2 Å². The molecule has 136 valence electrons. The number of carbonyl (C=O) groups excluding carboxylic acids is 1. The number of amides is 1. The van der Waals surface area contributed by atoms with E-state index in [-0.39, 0.29) is 11.9 Å². The SMILES string of the molecule is Cc1cc(CCC(=O)N2CCC(n3cnc4c(N)ncnc43)C2)c(C)s1. The minimum atomic E-state index is 0.184. The Bertz CT molecular complexity index is 962. The maximum absolute atomic E-state index is 12.6. The fourth-order valence-corrected chi connectivity index (χ4v) is 4.64. The number of hydrogen-bond donors (Lipinski definition) is 1. The average molecular weight is 370 g/mol. The molecule has 0 bridgehead atoms. The van der Waals surface area contributed by atoms with Crippen LogP contribution >= 0.6 is 11.3 Å². The molecule has 7 nitrogen and oxygen atoms in total. The van der Waals surface area contributed by atoms with Gasteiger partial charge in [0.05, 0.1) is 12.4 Å². The second-order valence-electron chi connectivity index (χ2n) is 6.80. The number of rotatable bonds is 4. The zero-order valence-electron chi connectivity index (χ0n) is 15.0. The third-order valence-electron chi connectivity index (χ3n) is 5.05. The lowest BCUT2D eigenvalue weighted by atomic mass is 10.1. The number of aromatic nitrogens is 4. The molecule has 0 aromatic carbocycles. The zero-order chi connectivity index (χ0) is 18.3. The van der Waals surface area contributed by atoms with Gasteiger partial charge < -0.3 is 15.2 Å². The van der Waals surface area contributed by atoms with E-state index in [1.807, 2.05) is 9.47 Å². The summed E-state index contributed by atoms with van der Waals surface area (Å²) in [5, 5.41) is 0. The molecule has 1 fully saturated rings. The topological polar surface area (TPSA) is 89.9 Å². The molecule has 0 aliphatic carbocycles. The van der Waals surface area contributed by atoms with E-state index in [0.29, 0.717) is 24.3 Å². The third kappa shape index (κ3) is 3.05. The highest BCUT2D eigenvalue weighted by Gasteiger charge is 2.28. The maximum Gasteiger partial charge on any atom is 0.222 e. The van der Waals surface area contributed by atoms with Gasteiger partial charge in [0.2, 0.25) is 5.91 Å². The summed E-state index contributed by atoms with van der Waals surface area (Å²) in [6.07, 6.45) is 5.49. The fraction of sp³-hybridized carbons (Fsp3) is 0.444. The number of likely N-dealkylation sites (tertiary alicyclic amines) is 1. The van der Waals surface area contributed by atoms with Crippen LogP contribution in [0.2, 0.25) is 0 Å². The van der Waals surface area contributed by atoms with Gasteiger partial charge in [0.1, 0.15) is 11.8 Å². The Balaban J connectivity index is 1.42. The first-order valence-electron chi connectivity index (χ1n) is 8.79. The van der Waals surface area contributed by atoms with Gasteiger partial charge in [-0.25, -0.2) is 15.0 Å². The molecule has 3 aromatic heterocycles. The van der Waals surface area contributed by atoms with Crippen LogP contribution in [-0.4, -0.2) is 43.4 Å². The average Bonchev–Trinajstić information content (AvgIpc) is 3.31. The summed E-state index contributed by atoms with van der Waals surface area (Å²) in [7, 11) is 0. The lowest BCUT2D eigenvalue weighted by Gasteiger charge is -2.17. The second-order valence-corrected chi connectivity index (χ2v) is 8.26. The number of aryl methyl sites for hydroxylation is 3. The van der Waals surface area contributed by atoms with E-state index >= 15 is 0 Å².